The van der Waals surface area contributed by atoms with Crippen LogP contribution in [0.25, 0.3) is 0 Å². The van der Waals surface area contributed by atoms with Crippen LogP contribution in [-0.2, 0) is 18.4 Å². The Hall–Kier alpha value is -1.36. The number of rotatable bonds is 4. The fourth-order valence-electron chi connectivity index (χ4n) is 2.50. The molecule has 2 fully saturated rings. The molecule has 0 spiro atoms. The van der Waals surface area contributed by atoms with Gasteiger partial charge in [-0.15, -0.1) is 0 Å². The van der Waals surface area contributed by atoms with Crippen LogP contribution in [0, 0.1) is 12.8 Å². The van der Waals surface area contributed by atoms with Crippen molar-refractivity contribution in [1.82, 2.24) is 20.0 Å². The summed E-state index contributed by atoms with van der Waals surface area (Å²) in [5.74, 6) is 0.579. The summed E-state index contributed by atoms with van der Waals surface area (Å²) in [4.78, 5) is 13.9. The second-order valence-electron chi connectivity index (χ2n) is 5.57. The summed E-state index contributed by atoms with van der Waals surface area (Å²) in [6.07, 6.45) is 2.16. The third-order valence-corrected chi connectivity index (χ3v) is 3.74. The van der Waals surface area contributed by atoms with Crippen molar-refractivity contribution in [2.45, 2.75) is 32.4 Å². The van der Waals surface area contributed by atoms with Gasteiger partial charge in [0.2, 0.25) is 5.91 Å². The van der Waals surface area contributed by atoms with E-state index in [0.717, 1.165) is 38.2 Å². The number of carbonyl (C=O) groups is 1. The van der Waals surface area contributed by atoms with E-state index in [4.69, 9.17) is 0 Å². The molecule has 5 nitrogen and oxygen atoms in total. The summed E-state index contributed by atoms with van der Waals surface area (Å²) in [7, 11) is 1.98. The van der Waals surface area contributed by atoms with E-state index in [2.05, 4.69) is 21.4 Å². The van der Waals surface area contributed by atoms with Gasteiger partial charge < -0.3 is 5.32 Å². The van der Waals surface area contributed by atoms with Crippen LogP contribution in [0.3, 0.4) is 0 Å². The van der Waals surface area contributed by atoms with Crippen LogP contribution in [-0.4, -0.2) is 39.7 Å². The van der Waals surface area contributed by atoms with Crippen LogP contribution < -0.4 is 5.32 Å². The maximum absolute atomic E-state index is 11.6. The lowest BCUT2D eigenvalue weighted by atomic mass is 10.1. The molecular formula is C13H20N4O. The molecule has 3 rings (SSSR count). The first-order valence-corrected chi connectivity index (χ1v) is 6.64. The van der Waals surface area contributed by atoms with Crippen LogP contribution in [0.4, 0.5) is 0 Å². The lowest BCUT2D eigenvalue weighted by molar-refractivity contribution is -0.124. The van der Waals surface area contributed by atoms with Gasteiger partial charge >= 0.3 is 0 Å². The number of aromatic nitrogens is 2. The van der Waals surface area contributed by atoms with E-state index in [1.165, 1.54) is 5.69 Å². The fourth-order valence-corrected chi connectivity index (χ4v) is 2.50. The normalized spacial score (nSPS) is 20.8. The van der Waals surface area contributed by atoms with Crippen LogP contribution in [0.2, 0.25) is 0 Å². The van der Waals surface area contributed by atoms with E-state index in [9.17, 15) is 4.79 Å². The van der Waals surface area contributed by atoms with Crippen molar-refractivity contribution < 1.29 is 4.79 Å². The maximum Gasteiger partial charge on any atom is 0.223 e. The van der Waals surface area contributed by atoms with E-state index in [-0.39, 0.29) is 5.91 Å². The highest BCUT2D eigenvalue weighted by molar-refractivity contribution is 5.81. The van der Waals surface area contributed by atoms with Crippen LogP contribution >= 0.6 is 0 Å². The minimum Gasteiger partial charge on any atom is -0.351 e. The molecule has 0 aromatic carbocycles. The molecule has 2 heterocycles. The second kappa shape index (κ2) is 4.39. The van der Waals surface area contributed by atoms with Crippen LogP contribution in [0.1, 0.15) is 24.2 Å². The van der Waals surface area contributed by atoms with E-state index >= 15 is 0 Å². The highest BCUT2D eigenvalue weighted by atomic mass is 16.2. The lowest BCUT2D eigenvalue weighted by Crippen LogP contribution is -2.59. The van der Waals surface area contributed by atoms with Crippen LogP contribution in [0.5, 0.6) is 0 Å². The van der Waals surface area contributed by atoms with Gasteiger partial charge in [-0.3, -0.25) is 14.4 Å². The van der Waals surface area contributed by atoms with Gasteiger partial charge in [-0.25, -0.2) is 0 Å². The number of hydrogen-bond donors (Lipinski definition) is 1. The average molecular weight is 248 g/mol. The predicted octanol–water partition coefficient (Wildman–Crippen LogP) is 0.439. The van der Waals surface area contributed by atoms with Crippen molar-refractivity contribution in [3.05, 3.63) is 17.5 Å². The molecule has 5 heteroatoms. The zero-order valence-electron chi connectivity index (χ0n) is 11.0. The molecule has 18 heavy (non-hydrogen) atoms. The Balaban J connectivity index is 1.44. The Bertz CT molecular complexity index is 458. The van der Waals surface area contributed by atoms with Gasteiger partial charge in [-0.2, -0.15) is 5.10 Å². The van der Waals surface area contributed by atoms with Crippen molar-refractivity contribution >= 4 is 5.91 Å². The molecule has 1 aliphatic heterocycles. The lowest BCUT2D eigenvalue weighted by Gasteiger charge is -2.39. The van der Waals surface area contributed by atoms with Gasteiger partial charge in [0.25, 0.3) is 0 Å². The standard InChI is InChI=1S/C13H20N4O/c1-9-5-12(16(2)15-9)8-17-6-11(7-17)14-13(18)10-3-4-10/h5,10-11H,3-4,6-8H2,1-2H3,(H,14,18). The summed E-state index contributed by atoms with van der Waals surface area (Å²) in [6, 6.07) is 2.48. The van der Waals surface area contributed by atoms with Crippen molar-refractivity contribution in [2.75, 3.05) is 13.1 Å². The van der Waals surface area contributed by atoms with Crippen LogP contribution in [0.15, 0.2) is 6.07 Å². The highest BCUT2D eigenvalue weighted by Crippen LogP contribution is 2.29. The molecule has 1 amide bonds. The summed E-state index contributed by atoms with van der Waals surface area (Å²) in [6.45, 7) is 4.86. The quantitative estimate of drug-likeness (QED) is 0.841. The van der Waals surface area contributed by atoms with Gasteiger partial charge in [0.15, 0.2) is 0 Å². The van der Waals surface area contributed by atoms with Crippen molar-refractivity contribution in [3.63, 3.8) is 0 Å². The maximum atomic E-state index is 11.6. The third-order valence-electron chi connectivity index (χ3n) is 3.74. The first kappa shape index (κ1) is 11.7. The Labute approximate surface area is 107 Å². The topological polar surface area (TPSA) is 50.2 Å². The Morgan fingerprint density at radius 3 is 2.78 bits per heavy atom. The van der Waals surface area contributed by atoms with Crippen molar-refractivity contribution in [2.24, 2.45) is 13.0 Å². The average Bonchev–Trinajstić information content (AvgIpc) is 3.03. The number of carbonyl (C=O) groups excluding carboxylic acids is 1. The predicted molar refractivity (Wildman–Crippen MR) is 67.9 cm³/mol. The minimum atomic E-state index is 0.260. The smallest absolute Gasteiger partial charge is 0.223 e. The zero-order chi connectivity index (χ0) is 12.7. The molecule has 1 saturated heterocycles. The fraction of sp³-hybridized carbons (Fsp3) is 0.692. The largest absolute Gasteiger partial charge is 0.351 e. The highest BCUT2D eigenvalue weighted by Gasteiger charge is 2.34. The SMILES string of the molecule is Cc1cc(CN2CC(NC(=O)C3CC3)C2)n(C)n1. The molecule has 1 saturated carbocycles. The third kappa shape index (κ3) is 2.41. The molecule has 0 unspecified atom stereocenters. The van der Waals surface area contributed by atoms with E-state index in [1.54, 1.807) is 0 Å². The number of amides is 1. The summed E-state index contributed by atoms with van der Waals surface area (Å²) < 4.78 is 1.94. The summed E-state index contributed by atoms with van der Waals surface area (Å²) in [5.41, 5.74) is 2.30. The molecule has 2 aliphatic rings. The molecule has 1 aromatic heterocycles. The number of nitrogens with one attached hydrogen (secondary N) is 1. The monoisotopic (exact) mass is 248 g/mol. The summed E-state index contributed by atoms with van der Waals surface area (Å²) >= 11 is 0. The number of hydrogen-bond acceptors (Lipinski definition) is 3. The molecule has 0 atom stereocenters. The molecule has 98 valence electrons. The zero-order valence-corrected chi connectivity index (χ0v) is 11.0. The first-order valence-electron chi connectivity index (χ1n) is 6.64. The second-order valence-corrected chi connectivity index (χ2v) is 5.57. The van der Waals surface area contributed by atoms with Gasteiger partial charge in [0.05, 0.1) is 17.4 Å². The number of aryl methyl sites for hydroxylation is 2. The van der Waals surface area contributed by atoms with E-state index in [0.29, 0.717) is 12.0 Å². The van der Waals surface area contributed by atoms with Crippen molar-refractivity contribution in [3.8, 4) is 0 Å². The Morgan fingerprint density at radius 1 is 1.50 bits per heavy atom. The molecule has 1 aromatic rings. The van der Waals surface area contributed by atoms with Gasteiger partial charge in [-0.1, -0.05) is 0 Å². The van der Waals surface area contributed by atoms with Gasteiger partial charge in [0, 0.05) is 32.6 Å². The molecule has 1 N–H and O–H groups in total. The number of likely N-dealkylation sites (tertiary alicyclic amines) is 1. The van der Waals surface area contributed by atoms with E-state index in [1.807, 2.05) is 18.7 Å². The Morgan fingerprint density at radius 2 is 2.22 bits per heavy atom. The first-order chi connectivity index (χ1) is 8.61. The van der Waals surface area contributed by atoms with Gasteiger partial charge in [0.1, 0.15) is 0 Å². The molecular weight excluding hydrogens is 228 g/mol. The molecule has 1 aliphatic carbocycles. The summed E-state index contributed by atoms with van der Waals surface area (Å²) in [5, 5.41) is 7.45. The van der Waals surface area contributed by atoms with Gasteiger partial charge in [-0.05, 0) is 25.8 Å². The number of nitrogens with zero attached hydrogens (tertiary/aromatic N) is 3. The Kier molecular flexibility index (Phi) is 2.86. The molecule has 0 bridgehead atoms. The minimum absolute atomic E-state index is 0.260. The van der Waals surface area contributed by atoms with Crippen molar-refractivity contribution in [1.29, 1.82) is 0 Å². The molecule has 0 radical (unpaired) electrons. The van der Waals surface area contributed by atoms with E-state index < -0.39 is 0 Å².